The van der Waals surface area contributed by atoms with E-state index in [1.807, 2.05) is 0 Å². The average molecular weight is 117 g/mol. The van der Waals surface area contributed by atoms with E-state index in [-0.39, 0.29) is 0 Å². The third-order valence-electron chi connectivity index (χ3n) is 1.66. The Kier molecular flexibility index (Phi) is 1.84. The van der Waals surface area contributed by atoms with Gasteiger partial charge in [0, 0.05) is 12.6 Å². The van der Waals surface area contributed by atoms with Gasteiger partial charge in [0.1, 0.15) is 6.17 Å². The van der Waals surface area contributed by atoms with E-state index in [1.54, 1.807) is 0 Å². The van der Waals surface area contributed by atoms with Crippen molar-refractivity contribution < 1.29 is 4.39 Å². The lowest BCUT2D eigenvalue weighted by Gasteiger charge is -2.02. The molecule has 1 aliphatic heterocycles. The van der Waals surface area contributed by atoms with Crippen LogP contribution in [0.5, 0.6) is 0 Å². The molecule has 2 heteroatoms. The van der Waals surface area contributed by atoms with Crippen LogP contribution in [0.3, 0.4) is 0 Å². The topological polar surface area (TPSA) is 12.0 Å². The Morgan fingerprint density at radius 2 is 2.50 bits per heavy atom. The average Bonchev–Trinajstić information content (AvgIpc) is 2.14. The molecule has 8 heavy (non-hydrogen) atoms. The van der Waals surface area contributed by atoms with E-state index in [4.69, 9.17) is 0 Å². The molecule has 0 aromatic carbocycles. The molecule has 0 unspecified atom stereocenters. The van der Waals surface area contributed by atoms with Crippen molar-refractivity contribution in [3.05, 3.63) is 0 Å². The molecule has 0 aromatic rings. The van der Waals surface area contributed by atoms with Gasteiger partial charge in [-0.3, -0.25) is 0 Å². The van der Waals surface area contributed by atoms with Crippen LogP contribution < -0.4 is 5.32 Å². The monoisotopic (exact) mass is 117 g/mol. The van der Waals surface area contributed by atoms with Gasteiger partial charge in [0.05, 0.1) is 0 Å². The van der Waals surface area contributed by atoms with Gasteiger partial charge in [0.25, 0.3) is 0 Å². The molecule has 48 valence electrons. The second-order valence-electron chi connectivity index (χ2n) is 2.35. The van der Waals surface area contributed by atoms with Crippen LogP contribution in [0.15, 0.2) is 0 Å². The number of hydrogen-bond acceptors (Lipinski definition) is 1. The second kappa shape index (κ2) is 2.44. The zero-order valence-corrected chi connectivity index (χ0v) is 5.15. The van der Waals surface area contributed by atoms with Crippen LogP contribution in [0.25, 0.3) is 0 Å². The minimum Gasteiger partial charge on any atom is -0.311 e. The first kappa shape index (κ1) is 6.02. The normalized spacial score (nSPS) is 38.2. The van der Waals surface area contributed by atoms with Crippen LogP contribution in [-0.2, 0) is 0 Å². The van der Waals surface area contributed by atoms with E-state index in [9.17, 15) is 4.39 Å². The molecule has 1 rings (SSSR count). The van der Waals surface area contributed by atoms with Gasteiger partial charge in [0.2, 0.25) is 0 Å². The first-order chi connectivity index (χ1) is 3.83. The number of alkyl halides is 1. The Morgan fingerprint density at radius 3 is 2.75 bits per heavy atom. The Hall–Kier alpha value is -0.110. The summed E-state index contributed by atoms with van der Waals surface area (Å²) >= 11 is 0. The van der Waals surface area contributed by atoms with Crippen molar-refractivity contribution in [3.8, 4) is 0 Å². The molecule has 0 spiro atoms. The summed E-state index contributed by atoms with van der Waals surface area (Å²) in [5.41, 5.74) is 0. The Morgan fingerprint density at radius 1 is 1.75 bits per heavy atom. The highest BCUT2D eigenvalue weighted by Crippen LogP contribution is 2.11. The van der Waals surface area contributed by atoms with Crippen molar-refractivity contribution in [2.45, 2.75) is 32.0 Å². The van der Waals surface area contributed by atoms with Crippen molar-refractivity contribution in [2.24, 2.45) is 0 Å². The van der Waals surface area contributed by atoms with Gasteiger partial charge >= 0.3 is 0 Å². The predicted octanol–water partition coefficient (Wildman–Crippen LogP) is 1.10. The molecule has 1 heterocycles. The minimum absolute atomic E-state index is 0.449. The molecule has 1 nitrogen and oxygen atoms in total. The molecule has 2 atom stereocenters. The van der Waals surface area contributed by atoms with Crippen LogP contribution in [-0.4, -0.2) is 18.8 Å². The Labute approximate surface area is 49.3 Å². The van der Waals surface area contributed by atoms with E-state index in [2.05, 4.69) is 12.2 Å². The van der Waals surface area contributed by atoms with Crippen LogP contribution in [0.4, 0.5) is 4.39 Å². The lowest BCUT2D eigenvalue weighted by Crippen LogP contribution is -2.19. The van der Waals surface area contributed by atoms with Crippen LogP contribution in [0.2, 0.25) is 0 Å². The SMILES string of the molecule is CC[C@H]1C[C@H](F)CN1. The van der Waals surface area contributed by atoms with Gasteiger partial charge in [-0.05, 0) is 12.8 Å². The van der Waals surface area contributed by atoms with E-state index in [0.29, 0.717) is 12.6 Å². The molecule has 1 saturated heterocycles. The number of halogens is 1. The van der Waals surface area contributed by atoms with Crippen LogP contribution in [0.1, 0.15) is 19.8 Å². The number of rotatable bonds is 1. The highest BCUT2D eigenvalue weighted by molar-refractivity contribution is 4.79. The highest BCUT2D eigenvalue weighted by Gasteiger charge is 2.20. The fraction of sp³-hybridized carbons (Fsp3) is 1.00. The highest BCUT2D eigenvalue weighted by atomic mass is 19.1. The molecule has 0 aromatic heterocycles. The maximum atomic E-state index is 12.3. The molecule has 1 N–H and O–H groups in total. The molecule has 0 bridgehead atoms. The fourth-order valence-corrected chi connectivity index (χ4v) is 1.08. The van der Waals surface area contributed by atoms with Gasteiger partial charge in [-0.15, -0.1) is 0 Å². The van der Waals surface area contributed by atoms with E-state index < -0.39 is 6.17 Å². The van der Waals surface area contributed by atoms with Crippen LogP contribution >= 0.6 is 0 Å². The summed E-state index contributed by atoms with van der Waals surface area (Å²) in [5, 5.41) is 3.08. The summed E-state index contributed by atoms with van der Waals surface area (Å²) in [6, 6.07) is 0.449. The predicted molar refractivity (Wildman–Crippen MR) is 31.6 cm³/mol. The molecule has 0 aliphatic carbocycles. The minimum atomic E-state index is -0.583. The molecular weight excluding hydrogens is 105 g/mol. The molecule has 1 aliphatic rings. The largest absolute Gasteiger partial charge is 0.311 e. The third-order valence-corrected chi connectivity index (χ3v) is 1.66. The van der Waals surface area contributed by atoms with E-state index in [0.717, 1.165) is 12.8 Å². The van der Waals surface area contributed by atoms with Crippen molar-refractivity contribution in [1.29, 1.82) is 0 Å². The molecular formula is C6H12FN. The van der Waals surface area contributed by atoms with E-state index >= 15 is 0 Å². The third kappa shape index (κ3) is 1.19. The van der Waals surface area contributed by atoms with Crippen LogP contribution in [0, 0.1) is 0 Å². The van der Waals surface area contributed by atoms with Crippen molar-refractivity contribution in [3.63, 3.8) is 0 Å². The first-order valence-corrected chi connectivity index (χ1v) is 3.20. The van der Waals surface area contributed by atoms with Crippen molar-refractivity contribution in [1.82, 2.24) is 5.32 Å². The Bertz CT molecular complexity index is 74.9. The molecule has 0 radical (unpaired) electrons. The smallest absolute Gasteiger partial charge is 0.114 e. The fourth-order valence-electron chi connectivity index (χ4n) is 1.08. The second-order valence-corrected chi connectivity index (χ2v) is 2.35. The van der Waals surface area contributed by atoms with Crippen molar-refractivity contribution in [2.75, 3.05) is 6.54 Å². The summed E-state index contributed by atoms with van der Waals surface area (Å²) in [6.07, 6.45) is 1.19. The van der Waals surface area contributed by atoms with Crippen molar-refractivity contribution >= 4 is 0 Å². The maximum absolute atomic E-state index is 12.3. The summed E-state index contributed by atoms with van der Waals surface area (Å²) in [6.45, 7) is 2.65. The lowest BCUT2D eigenvalue weighted by molar-refractivity contribution is 0.354. The first-order valence-electron chi connectivity index (χ1n) is 3.20. The number of hydrogen-bond donors (Lipinski definition) is 1. The van der Waals surface area contributed by atoms with Gasteiger partial charge in [0.15, 0.2) is 0 Å². The van der Waals surface area contributed by atoms with Gasteiger partial charge in [-0.1, -0.05) is 6.92 Å². The zero-order chi connectivity index (χ0) is 5.98. The standard InChI is InChI=1S/C6H12FN/c1-2-6-3-5(7)4-8-6/h5-6,8H,2-4H2,1H3/t5-,6-/m0/s1. The summed E-state index contributed by atoms with van der Waals surface area (Å²) in [4.78, 5) is 0. The van der Waals surface area contributed by atoms with Gasteiger partial charge in [-0.25, -0.2) is 4.39 Å². The zero-order valence-electron chi connectivity index (χ0n) is 5.15. The summed E-state index contributed by atoms with van der Waals surface area (Å²) in [7, 11) is 0. The lowest BCUT2D eigenvalue weighted by atomic mass is 10.2. The maximum Gasteiger partial charge on any atom is 0.114 e. The summed E-state index contributed by atoms with van der Waals surface area (Å²) in [5.74, 6) is 0. The van der Waals surface area contributed by atoms with E-state index in [1.165, 1.54) is 0 Å². The molecule has 1 fully saturated rings. The number of nitrogens with one attached hydrogen (secondary N) is 1. The quantitative estimate of drug-likeness (QED) is 0.542. The van der Waals surface area contributed by atoms with Gasteiger partial charge < -0.3 is 5.32 Å². The molecule has 0 amide bonds. The summed E-state index contributed by atoms with van der Waals surface area (Å²) < 4.78 is 12.3. The Balaban J connectivity index is 2.22. The molecule has 0 saturated carbocycles. The van der Waals surface area contributed by atoms with Gasteiger partial charge in [-0.2, -0.15) is 0 Å².